The molecular weight excluding hydrogens is 410 g/mol. The molecule has 0 aliphatic heterocycles. The van der Waals surface area contributed by atoms with Gasteiger partial charge in [0.1, 0.15) is 11.5 Å². The number of nitro groups is 1. The molecule has 154 valence electrons. The second-order valence-corrected chi connectivity index (χ2v) is 7.77. The van der Waals surface area contributed by atoms with Crippen LogP contribution in [-0.4, -0.2) is 31.4 Å². The highest BCUT2D eigenvalue weighted by atomic mass is 32.2. The molecule has 2 N–H and O–H groups in total. The molecule has 0 bridgehead atoms. The molecular formula is C20H17N3O6S. The number of non-ortho nitro benzene ring substituents is 1. The molecule has 0 fully saturated rings. The third kappa shape index (κ3) is 4.39. The number of oxime groups is 1. The maximum atomic E-state index is 12.8. The van der Waals surface area contributed by atoms with Crippen molar-refractivity contribution < 1.29 is 23.3 Å². The fraction of sp³-hybridized carbons (Fsp3) is 0.0500. The standard InChI is InChI=1S/C20H17N3O6S/c1-29-16-8-10-17(11-9-16)30(27,28)22-19-12-7-15(23(25)26)13-18(19)20(21-24)14-5-3-2-4-6-14/h2-13,22,24H,1H3. The van der Waals surface area contributed by atoms with E-state index in [4.69, 9.17) is 4.74 Å². The zero-order chi connectivity index (χ0) is 21.7. The molecule has 10 heteroatoms. The highest BCUT2D eigenvalue weighted by molar-refractivity contribution is 7.92. The summed E-state index contributed by atoms with van der Waals surface area (Å²) in [5.41, 5.74) is 0.217. The predicted molar refractivity (Wildman–Crippen MR) is 111 cm³/mol. The predicted octanol–water partition coefficient (Wildman–Crippen LogP) is 3.63. The summed E-state index contributed by atoms with van der Waals surface area (Å²) in [5.74, 6) is 0.490. The van der Waals surface area contributed by atoms with E-state index in [1.54, 1.807) is 30.3 Å². The van der Waals surface area contributed by atoms with Gasteiger partial charge < -0.3 is 9.94 Å². The van der Waals surface area contributed by atoms with E-state index >= 15 is 0 Å². The van der Waals surface area contributed by atoms with Gasteiger partial charge in [-0.25, -0.2) is 8.42 Å². The van der Waals surface area contributed by atoms with Gasteiger partial charge >= 0.3 is 0 Å². The minimum absolute atomic E-state index is 0.0214. The van der Waals surface area contributed by atoms with E-state index in [1.165, 1.54) is 37.4 Å². The van der Waals surface area contributed by atoms with E-state index in [9.17, 15) is 23.7 Å². The molecule has 0 aromatic heterocycles. The lowest BCUT2D eigenvalue weighted by molar-refractivity contribution is -0.384. The second-order valence-electron chi connectivity index (χ2n) is 6.08. The number of rotatable bonds is 7. The van der Waals surface area contributed by atoms with Gasteiger partial charge in [0.25, 0.3) is 15.7 Å². The number of sulfonamides is 1. The number of nitrogens with one attached hydrogen (secondary N) is 1. The van der Waals surface area contributed by atoms with Crippen molar-refractivity contribution in [3.05, 3.63) is 94.0 Å². The molecule has 0 radical (unpaired) electrons. The molecule has 3 aromatic rings. The Bertz CT molecular complexity index is 1190. The monoisotopic (exact) mass is 427 g/mol. The zero-order valence-corrected chi connectivity index (χ0v) is 16.5. The molecule has 30 heavy (non-hydrogen) atoms. The summed E-state index contributed by atoms with van der Waals surface area (Å²) in [6, 6.07) is 17.7. The van der Waals surface area contributed by atoms with Crippen molar-refractivity contribution in [2.45, 2.75) is 4.90 Å². The van der Waals surface area contributed by atoms with Crippen LogP contribution in [0.2, 0.25) is 0 Å². The average molecular weight is 427 g/mol. The van der Waals surface area contributed by atoms with Crippen LogP contribution in [-0.2, 0) is 10.0 Å². The van der Waals surface area contributed by atoms with Gasteiger partial charge in [0.05, 0.1) is 22.6 Å². The maximum Gasteiger partial charge on any atom is 0.270 e. The zero-order valence-electron chi connectivity index (χ0n) is 15.7. The fourth-order valence-corrected chi connectivity index (χ4v) is 3.83. The van der Waals surface area contributed by atoms with Crippen molar-refractivity contribution in [3.63, 3.8) is 0 Å². The summed E-state index contributed by atoms with van der Waals surface area (Å²) in [5, 5.41) is 24.1. The molecule has 3 aromatic carbocycles. The number of nitro benzene ring substituents is 1. The largest absolute Gasteiger partial charge is 0.497 e. The van der Waals surface area contributed by atoms with Crippen LogP contribution in [0.25, 0.3) is 0 Å². The van der Waals surface area contributed by atoms with Crippen LogP contribution in [0.5, 0.6) is 5.75 Å². The molecule has 0 atom stereocenters. The first-order valence-electron chi connectivity index (χ1n) is 8.59. The van der Waals surface area contributed by atoms with E-state index in [-0.39, 0.29) is 27.5 Å². The maximum absolute atomic E-state index is 12.8. The van der Waals surface area contributed by atoms with Gasteiger partial charge in [-0.1, -0.05) is 35.5 Å². The van der Waals surface area contributed by atoms with Crippen molar-refractivity contribution >= 4 is 27.1 Å². The van der Waals surface area contributed by atoms with Crippen LogP contribution in [0.15, 0.2) is 82.8 Å². The smallest absolute Gasteiger partial charge is 0.270 e. The number of nitrogens with zero attached hydrogens (tertiary/aromatic N) is 2. The third-order valence-corrected chi connectivity index (χ3v) is 5.61. The Morgan fingerprint density at radius 1 is 1.07 bits per heavy atom. The van der Waals surface area contributed by atoms with Gasteiger partial charge in [-0.05, 0) is 30.3 Å². The normalized spacial score (nSPS) is 11.7. The van der Waals surface area contributed by atoms with Gasteiger partial charge in [0.15, 0.2) is 0 Å². The Morgan fingerprint density at radius 3 is 2.30 bits per heavy atom. The van der Waals surface area contributed by atoms with E-state index < -0.39 is 14.9 Å². The first-order chi connectivity index (χ1) is 14.4. The van der Waals surface area contributed by atoms with E-state index in [2.05, 4.69) is 9.88 Å². The van der Waals surface area contributed by atoms with Crippen molar-refractivity contribution in [2.75, 3.05) is 11.8 Å². The van der Waals surface area contributed by atoms with E-state index in [0.717, 1.165) is 12.1 Å². The minimum Gasteiger partial charge on any atom is -0.497 e. The number of anilines is 1. The highest BCUT2D eigenvalue weighted by Gasteiger charge is 2.22. The number of ether oxygens (including phenoxy) is 1. The Balaban J connectivity index is 2.09. The molecule has 0 amide bonds. The Hall–Kier alpha value is -3.92. The Kier molecular flexibility index (Phi) is 5.98. The quantitative estimate of drug-likeness (QED) is 0.256. The molecule has 9 nitrogen and oxygen atoms in total. The molecule has 0 spiro atoms. The topological polar surface area (TPSA) is 131 Å². The SMILES string of the molecule is COc1ccc(S(=O)(=O)Nc2ccc([N+](=O)[O-])cc2C(=NO)c2ccccc2)cc1. The molecule has 3 rings (SSSR count). The van der Waals surface area contributed by atoms with Crippen molar-refractivity contribution in [3.8, 4) is 5.75 Å². The first-order valence-corrected chi connectivity index (χ1v) is 10.1. The number of benzene rings is 3. The van der Waals surface area contributed by atoms with E-state index in [1.807, 2.05) is 0 Å². The summed E-state index contributed by atoms with van der Waals surface area (Å²) < 4.78 is 33.1. The van der Waals surface area contributed by atoms with E-state index in [0.29, 0.717) is 11.3 Å². The fourth-order valence-electron chi connectivity index (χ4n) is 2.75. The van der Waals surface area contributed by atoms with Crippen LogP contribution in [0.3, 0.4) is 0 Å². The average Bonchev–Trinajstić information content (AvgIpc) is 2.75. The van der Waals surface area contributed by atoms with Gasteiger partial charge in [0, 0.05) is 23.3 Å². The molecule has 0 aliphatic rings. The minimum atomic E-state index is -4.03. The summed E-state index contributed by atoms with van der Waals surface area (Å²) >= 11 is 0. The van der Waals surface area contributed by atoms with Crippen LogP contribution < -0.4 is 9.46 Å². The second kappa shape index (κ2) is 8.62. The molecule has 0 saturated heterocycles. The van der Waals surface area contributed by atoms with Gasteiger partial charge in [-0.15, -0.1) is 0 Å². The Labute approximate surface area is 172 Å². The lowest BCUT2D eigenvalue weighted by Crippen LogP contribution is -2.16. The van der Waals surface area contributed by atoms with Crippen LogP contribution in [0.1, 0.15) is 11.1 Å². The van der Waals surface area contributed by atoms with Crippen molar-refractivity contribution in [1.29, 1.82) is 0 Å². The first kappa shape index (κ1) is 20.8. The van der Waals surface area contributed by atoms with Crippen LogP contribution in [0, 0.1) is 10.1 Å². The molecule has 0 heterocycles. The summed E-state index contributed by atoms with van der Waals surface area (Å²) in [6.45, 7) is 0. The van der Waals surface area contributed by atoms with Crippen LogP contribution in [0.4, 0.5) is 11.4 Å². The summed E-state index contributed by atoms with van der Waals surface area (Å²) in [6.07, 6.45) is 0. The molecule has 0 unspecified atom stereocenters. The number of methoxy groups -OCH3 is 1. The summed E-state index contributed by atoms with van der Waals surface area (Å²) in [4.78, 5) is 10.6. The van der Waals surface area contributed by atoms with Gasteiger partial charge in [0.2, 0.25) is 0 Å². The molecule has 0 aliphatic carbocycles. The molecule has 0 saturated carbocycles. The highest BCUT2D eigenvalue weighted by Crippen LogP contribution is 2.28. The van der Waals surface area contributed by atoms with Crippen LogP contribution >= 0.6 is 0 Å². The Morgan fingerprint density at radius 2 is 1.73 bits per heavy atom. The van der Waals surface area contributed by atoms with Crippen molar-refractivity contribution in [2.24, 2.45) is 5.16 Å². The number of hydrogen-bond donors (Lipinski definition) is 2. The number of hydrogen-bond acceptors (Lipinski definition) is 7. The third-order valence-electron chi connectivity index (χ3n) is 4.23. The van der Waals surface area contributed by atoms with Gasteiger partial charge in [-0.2, -0.15) is 0 Å². The van der Waals surface area contributed by atoms with Gasteiger partial charge in [-0.3, -0.25) is 14.8 Å². The van der Waals surface area contributed by atoms with Crippen molar-refractivity contribution in [1.82, 2.24) is 0 Å². The lowest BCUT2D eigenvalue weighted by Gasteiger charge is -2.14. The summed E-state index contributed by atoms with van der Waals surface area (Å²) in [7, 11) is -2.57. The lowest BCUT2D eigenvalue weighted by atomic mass is 10.0.